The van der Waals surface area contributed by atoms with Crippen molar-refractivity contribution in [3.8, 4) is 0 Å². The van der Waals surface area contributed by atoms with E-state index < -0.39 is 17.4 Å². The topological polar surface area (TPSA) is 88.6 Å². The van der Waals surface area contributed by atoms with Gasteiger partial charge in [0.25, 0.3) is 5.85 Å². The number of carbonyl (C=O) groups excluding carboxylic acids is 3. The van der Waals surface area contributed by atoms with Gasteiger partial charge in [0.1, 0.15) is 18.5 Å². The Kier molecular flexibility index (Phi) is 10.0. The van der Waals surface area contributed by atoms with Gasteiger partial charge in [-0.3, -0.25) is 9.80 Å². The zero-order valence-electron chi connectivity index (χ0n) is 23.8. The molecule has 2 heterocycles. The Hall–Kier alpha value is -2.49. The van der Waals surface area contributed by atoms with E-state index >= 15 is 0 Å². The molecule has 216 valence electrons. The molecule has 1 aromatic carbocycles. The number of hydrogen-bond donors (Lipinski definition) is 0. The average molecular weight is 544 g/mol. The summed E-state index contributed by atoms with van der Waals surface area (Å²) in [5.74, 6) is -1.71. The number of esters is 1. The van der Waals surface area contributed by atoms with Crippen molar-refractivity contribution < 1.29 is 28.6 Å². The largest absolute Gasteiger partial charge is 0.456 e. The van der Waals surface area contributed by atoms with Crippen LogP contribution in [0.1, 0.15) is 71.3 Å². The Morgan fingerprint density at radius 3 is 2.15 bits per heavy atom. The van der Waals surface area contributed by atoms with E-state index in [9.17, 15) is 14.4 Å². The highest BCUT2D eigenvalue weighted by molar-refractivity contribution is 5.79. The van der Waals surface area contributed by atoms with Gasteiger partial charge in [-0.25, -0.2) is 9.59 Å². The first-order chi connectivity index (χ1) is 18.7. The van der Waals surface area contributed by atoms with Gasteiger partial charge in [-0.1, -0.05) is 30.3 Å². The molecule has 2 aliphatic heterocycles. The van der Waals surface area contributed by atoms with Gasteiger partial charge in [0.2, 0.25) is 0 Å². The lowest BCUT2D eigenvalue weighted by Gasteiger charge is -2.49. The lowest BCUT2D eigenvalue weighted by Crippen LogP contribution is -2.69. The molecule has 0 bridgehead atoms. The lowest BCUT2D eigenvalue weighted by molar-refractivity contribution is -0.276. The molecule has 4 rings (SSSR count). The number of hydrogen-bond acceptors (Lipinski definition) is 8. The monoisotopic (exact) mass is 543 g/mol. The third-order valence-corrected chi connectivity index (χ3v) is 7.83. The molecule has 3 aliphatic rings. The van der Waals surface area contributed by atoms with E-state index in [4.69, 9.17) is 14.2 Å². The van der Waals surface area contributed by atoms with Crippen LogP contribution < -0.4 is 0 Å². The molecule has 1 amide bonds. The Morgan fingerprint density at radius 2 is 1.51 bits per heavy atom. The number of ether oxygens (including phenoxy) is 3. The van der Waals surface area contributed by atoms with Crippen molar-refractivity contribution in [3.05, 3.63) is 35.9 Å². The number of amides is 1. The maximum Gasteiger partial charge on any atom is 0.410 e. The van der Waals surface area contributed by atoms with Crippen molar-refractivity contribution in [2.45, 2.75) is 89.9 Å². The fourth-order valence-electron chi connectivity index (χ4n) is 5.81. The lowest BCUT2D eigenvalue weighted by atomic mass is 9.88. The van der Waals surface area contributed by atoms with Crippen LogP contribution >= 0.6 is 0 Å². The zero-order valence-corrected chi connectivity index (χ0v) is 23.8. The molecule has 3 fully saturated rings. The number of rotatable bonds is 8. The molecular formula is C30H45N3O6. The first-order valence-electron chi connectivity index (χ1n) is 14.5. The quantitative estimate of drug-likeness (QED) is 0.356. The minimum atomic E-state index is -1.37. The summed E-state index contributed by atoms with van der Waals surface area (Å²) in [5.41, 5.74) is 0.262. The maximum atomic E-state index is 14.2. The summed E-state index contributed by atoms with van der Waals surface area (Å²) in [6.07, 6.45) is 6.18. The fraction of sp³-hybridized carbons (Fsp3) is 0.700. The van der Waals surface area contributed by atoms with Gasteiger partial charge >= 0.3 is 12.1 Å². The summed E-state index contributed by atoms with van der Waals surface area (Å²) in [6.45, 7) is 9.34. The number of aldehydes is 1. The Balaban J connectivity index is 1.53. The maximum absolute atomic E-state index is 14.2. The molecule has 0 spiro atoms. The summed E-state index contributed by atoms with van der Waals surface area (Å²) in [6, 6.07) is 9.65. The number of nitrogens with zero attached hydrogens (tertiary/aromatic N) is 3. The van der Waals surface area contributed by atoms with Crippen molar-refractivity contribution in [1.29, 1.82) is 0 Å². The molecule has 1 aromatic rings. The summed E-state index contributed by atoms with van der Waals surface area (Å²) in [5, 5.41) is 0. The first-order valence-corrected chi connectivity index (χ1v) is 14.5. The fourth-order valence-corrected chi connectivity index (χ4v) is 5.81. The molecule has 1 aliphatic carbocycles. The minimum Gasteiger partial charge on any atom is -0.456 e. The summed E-state index contributed by atoms with van der Waals surface area (Å²) < 4.78 is 18.5. The van der Waals surface area contributed by atoms with E-state index in [1.165, 1.54) is 0 Å². The SMILES string of the molecule is CC(C)(C)OC(=O)C(OC1CCC(C=O)CC1)(N1CCCC1)N1CCCN(C(=O)OCc2ccccc2)CC1. The molecule has 1 saturated carbocycles. The third kappa shape index (κ3) is 7.58. The normalized spacial score (nSPS) is 24.9. The van der Waals surface area contributed by atoms with Crippen molar-refractivity contribution in [1.82, 2.24) is 14.7 Å². The summed E-state index contributed by atoms with van der Waals surface area (Å²) in [7, 11) is 0. The van der Waals surface area contributed by atoms with Crippen LogP contribution in [0.15, 0.2) is 30.3 Å². The highest BCUT2D eigenvalue weighted by Crippen LogP contribution is 2.36. The van der Waals surface area contributed by atoms with Crippen LogP contribution in [0.25, 0.3) is 0 Å². The predicted octanol–water partition coefficient (Wildman–Crippen LogP) is 4.20. The second kappa shape index (κ2) is 13.2. The van der Waals surface area contributed by atoms with E-state index in [1.54, 1.807) is 4.90 Å². The number of likely N-dealkylation sites (tertiary alicyclic amines) is 1. The first kappa shape index (κ1) is 29.5. The second-order valence-electron chi connectivity index (χ2n) is 12.0. The summed E-state index contributed by atoms with van der Waals surface area (Å²) in [4.78, 5) is 44.4. The van der Waals surface area contributed by atoms with E-state index in [0.717, 1.165) is 63.5 Å². The van der Waals surface area contributed by atoms with E-state index in [2.05, 4.69) is 9.80 Å². The van der Waals surface area contributed by atoms with Crippen molar-refractivity contribution in [2.24, 2.45) is 5.92 Å². The molecule has 2 saturated heterocycles. The minimum absolute atomic E-state index is 0.0567. The average Bonchev–Trinajstić information content (AvgIpc) is 3.35. The Morgan fingerprint density at radius 1 is 0.872 bits per heavy atom. The highest BCUT2D eigenvalue weighted by Gasteiger charge is 2.55. The molecule has 0 radical (unpaired) electrons. The van der Waals surface area contributed by atoms with Crippen LogP contribution in [0.3, 0.4) is 0 Å². The van der Waals surface area contributed by atoms with Crippen LogP contribution in [0.2, 0.25) is 0 Å². The van der Waals surface area contributed by atoms with Gasteiger partial charge in [-0.15, -0.1) is 0 Å². The molecule has 9 heteroatoms. The van der Waals surface area contributed by atoms with Gasteiger partial charge < -0.3 is 23.9 Å². The second-order valence-corrected chi connectivity index (χ2v) is 12.0. The standard InChI is InChI=1S/C30H45N3O6/c1-29(2,3)39-27(35)30(32-17-7-8-18-32,38-26-14-12-24(22-34)13-15-26)33-19-9-16-31(20-21-33)28(36)37-23-25-10-5-4-6-11-25/h4-6,10-11,22,24,26H,7-9,12-21,23H2,1-3H3. The van der Waals surface area contributed by atoms with Crippen molar-refractivity contribution in [3.63, 3.8) is 0 Å². The number of carbonyl (C=O) groups is 3. The van der Waals surface area contributed by atoms with E-state index in [0.29, 0.717) is 32.6 Å². The van der Waals surface area contributed by atoms with Gasteiger partial charge in [-0.05, 0) is 71.3 Å². The van der Waals surface area contributed by atoms with Crippen LogP contribution in [0.5, 0.6) is 0 Å². The number of benzene rings is 1. The molecule has 1 unspecified atom stereocenters. The van der Waals surface area contributed by atoms with Gasteiger partial charge in [0.15, 0.2) is 0 Å². The smallest absolute Gasteiger partial charge is 0.410 e. The molecular weight excluding hydrogens is 498 g/mol. The molecule has 0 N–H and O–H groups in total. The van der Waals surface area contributed by atoms with E-state index in [-0.39, 0.29) is 24.7 Å². The summed E-state index contributed by atoms with van der Waals surface area (Å²) >= 11 is 0. The van der Waals surface area contributed by atoms with Crippen LogP contribution in [0.4, 0.5) is 4.79 Å². The van der Waals surface area contributed by atoms with Crippen LogP contribution in [-0.4, -0.2) is 89.9 Å². The third-order valence-electron chi connectivity index (χ3n) is 7.83. The highest BCUT2D eigenvalue weighted by atomic mass is 16.6. The molecule has 39 heavy (non-hydrogen) atoms. The Bertz CT molecular complexity index is 953. The predicted molar refractivity (Wildman–Crippen MR) is 147 cm³/mol. The van der Waals surface area contributed by atoms with Gasteiger partial charge in [0, 0.05) is 45.2 Å². The van der Waals surface area contributed by atoms with Crippen molar-refractivity contribution >= 4 is 18.3 Å². The zero-order chi connectivity index (χ0) is 27.9. The van der Waals surface area contributed by atoms with Gasteiger partial charge in [0.05, 0.1) is 6.10 Å². The Labute approximate surface area is 232 Å². The van der Waals surface area contributed by atoms with Crippen LogP contribution in [-0.2, 0) is 30.4 Å². The molecule has 9 nitrogen and oxygen atoms in total. The van der Waals surface area contributed by atoms with Crippen LogP contribution in [0, 0.1) is 5.92 Å². The molecule has 0 aromatic heterocycles. The van der Waals surface area contributed by atoms with Gasteiger partial charge in [-0.2, -0.15) is 0 Å². The van der Waals surface area contributed by atoms with E-state index in [1.807, 2.05) is 51.1 Å². The molecule has 1 atom stereocenters. The van der Waals surface area contributed by atoms with Crippen molar-refractivity contribution in [2.75, 3.05) is 39.3 Å².